The Morgan fingerprint density at radius 1 is 1.62 bits per heavy atom. The molecule has 0 bridgehead atoms. The van der Waals surface area contributed by atoms with E-state index in [0.29, 0.717) is 0 Å². The molecule has 0 aromatic rings. The van der Waals surface area contributed by atoms with E-state index < -0.39 is 0 Å². The molecular weight excluding hydrogens is 170 g/mol. The predicted molar refractivity (Wildman–Crippen MR) is 49.8 cm³/mol. The van der Waals surface area contributed by atoms with Crippen LogP contribution in [-0.4, -0.2) is 62.2 Å². The number of nitrogens with zero attached hydrogens (tertiary/aromatic N) is 1. The lowest BCUT2D eigenvalue weighted by molar-refractivity contribution is -0.0577. The molecular formula is C9H19NO3. The molecule has 1 atom stereocenters. The summed E-state index contributed by atoms with van der Waals surface area (Å²) in [5.74, 6) is 0. The molecule has 1 N–H and O–H groups in total. The van der Waals surface area contributed by atoms with Crippen LogP contribution in [0.1, 0.15) is 6.92 Å². The Morgan fingerprint density at radius 3 is 3.15 bits per heavy atom. The van der Waals surface area contributed by atoms with E-state index in [1.54, 1.807) is 0 Å². The Balaban J connectivity index is 2.11. The van der Waals surface area contributed by atoms with Crippen molar-refractivity contribution in [1.29, 1.82) is 0 Å². The Morgan fingerprint density at radius 2 is 2.46 bits per heavy atom. The number of rotatable bonds is 5. The molecule has 0 aromatic heterocycles. The summed E-state index contributed by atoms with van der Waals surface area (Å²) < 4.78 is 10.6. The second kappa shape index (κ2) is 6.32. The highest BCUT2D eigenvalue weighted by atomic mass is 16.5. The van der Waals surface area contributed by atoms with Gasteiger partial charge >= 0.3 is 0 Å². The summed E-state index contributed by atoms with van der Waals surface area (Å²) >= 11 is 0. The van der Waals surface area contributed by atoms with Crippen molar-refractivity contribution < 1.29 is 14.6 Å². The number of hydrogen-bond acceptors (Lipinski definition) is 4. The second-order valence-corrected chi connectivity index (χ2v) is 3.17. The fourth-order valence-electron chi connectivity index (χ4n) is 1.43. The smallest absolute Gasteiger partial charge is 0.0932 e. The first-order valence-electron chi connectivity index (χ1n) is 4.89. The van der Waals surface area contributed by atoms with Gasteiger partial charge in [-0.25, -0.2) is 0 Å². The first-order chi connectivity index (χ1) is 6.36. The first kappa shape index (κ1) is 10.9. The van der Waals surface area contributed by atoms with Crippen LogP contribution in [-0.2, 0) is 9.47 Å². The van der Waals surface area contributed by atoms with Crippen molar-refractivity contribution in [2.45, 2.75) is 13.0 Å². The van der Waals surface area contributed by atoms with Gasteiger partial charge in [0.2, 0.25) is 0 Å². The maximum atomic E-state index is 8.90. The summed E-state index contributed by atoms with van der Waals surface area (Å²) in [4.78, 5) is 2.26. The monoisotopic (exact) mass is 189 g/mol. The van der Waals surface area contributed by atoms with Gasteiger partial charge in [0, 0.05) is 26.2 Å². The van der Waals surface area contributed by atoms with Gasteiger partial charge in [0.1, 0.15) is 0 Å². The lowest BCUT2D eigenvalue weighted by Gasteiger charge is -2.31. The summed E-state index contributed by atoms with van der Waals surface area (Å²) in [5.41, 5.74) is 0. The SMILES string of the molecule is CCOCCN1CCOC(CO)C1. The predicted octanol–water partition coefficient (Wildman–Crippen LogP) is -0.284. The Labute approximate surface area is 79.4 Å². The molecule has 0 aromatic carbocycles. The number of morpholine rings is 1. The van der Waals surface area contributed by atoms with Crippen LogP contribution in [0.25, 0.3) is 0 Å². The third-order valence-corrected chi connectivity index (χ3v) is 2.18. The molecule has 1 unspecified atom stereocenters. The zero-order chi connectivity index (χ0) is 9.52. The normalized spacial score (nSPS) is 24.9. The van der Waals surface area contributed by atoms with Gasteiger partial charge in [0.15, 0.2) is 0 Å². The highest BCUT2D eigenvalue weighted by Crippen LogP contribution is 2.03. The number of ether oxygens (including phenoxy) is 2. The van der Waals surface area contributed by atoms with Crippen molar-refractivity contribution in [2.24, 2.45) is 0 Å². The Kier molecular flexibility index (Phi) is 5.31. The average molecular weight is 189 g/mol. The van der Waals surface area contributed by atoms with Crippen molar-refractivity contribution in [3.05, 3.63) is 0 Å². The van der Waals surface area contributed by atoms with E-state index in [-0.39, 0.29) is 12.7 Å². The average Bonchev–Trinajstić information content (AvgIpc) is 2.19. The van der Waals surface area contributed by atoms with Gasteiger partial charge in [-0.15, -0.1) is 0 Å². The van der Waals surface area contributed by atoms with E-state index in [9.17, 15) is 0 Å². The fraction of sp³-hybridized carbons (Fsp3) is 1.00. The van der Waals surface area contributed by atoms with Gasteiger partial charge in [-0.1, -0.05) is 0 Å². The number of aliphatic hydroxyl groups is 1. The van der Waals surface area contributed by atoms with Crippen LogP contribution in [0, 0.1) is 0 Å². The third-order valence-electron chi connectivity index (χ3n) is 2.18. The molecule has 1 saturated heterocycles. The summed E-state index contributed by atoms with van der Waals surface area (Å²) in [7, 11) is 0. The molecule has 1 heterocycles. The summed E-state index contributed by atoms with van der Waals surface area (Å²) in [6.07, 6.45) is -0.00428. The summed E-state index contributed by atoms with van der Waals surface area (Å²) in [5, 5.41) is 8.90. The third kappa shape index (κ3) is 4.04. The van der Waals surface area contributed by atoms with Crippen molar-refractivity contribution in [3.63, 3.8) is 0 Å². The van der Waals surface area contributed by atoms with Crippen LogP contribution in [0.2, 0.25) is 0 Å². The lowest BCUT2D eigenvalue weighted by Crippen LogP contribution is -2.45. The molecule has 0 radical (unpaired) electrons. The molecule has 1 fully saturated rings. The quantitative estimate of drug-likeness (QED) is 0.604. The summed E-state index contributed by atoms with van der Waals surface area (Å²) in [6, 6.07) is 0. The molecule has 0 aliphatic carbocycles. The van der Waals surface area contributed by atoms with E-state index in [1.165, 1.54) is 0 Å². The molecule has 1 aliphatic rings. The molecule has 4 heteroatoms. The van der Waals surface area contributed by atoms with Crippen LogP contribution in [0.15, 0.2) is 0 Å². The highest BCUT2D eigenvalue weighted by molar-refractivity contribution is 4.70. The lowest BCUT2D eigenvalue weighted by atomic mass is 10.3. The van der Waals surface area contributed by atoms with E-state index in [1.807, 2.05) is 6.92 Å². The van der Waals surface area contributed by atoms with E-state index in [4.69, 9.17) is 14.6 Å². The largest absolute Gasteiger partial charge is 0.394 e. The first-order valence-corrected chi connectivity index (χ1v) is 4.89. The molecule has 0 spiro atoms. The fourth-order valence-corrected chi connectivity index (χ4v) is 1.43. The van der Waals surface area contributed by atoms with E-state index in [0.717, 1.165) is 39.5 Å². The van der Waals surface area contributed by atoms with Crippen LogP contribution in [0.5, 0.6) is 0 Å². The highest BCUT2D eigenvalue weighted by Gasteiger charge is 2.18. The van der Waals surface area contributed by atoms with Crippen LogP contribution >= 0.6 is 0 Å². The van der Waals surface area contributed by atoms with Gasteiger partial charge in [0.25, 0.3) is 0 Å². The van der Waals surface area contributed by atoms with E-state index >= 15 is 0 Å². The van der Waals surface area contributed by atoms with Crippen molar-refractivity contribution in [1.82, 2.24) is 4.90 Å². The Hall–Kier alpha value is -0.160. The summed E-state index contributed by atoms with van der Waals surface area (Å²) in [6.45, 7) is 7.08. The zero-order valence-electron chi connectivity index (χ0n) is 8.24. The maximum Gasteiger partial charge on any atom is 0.0932 e. The molecule has 1 rings (SSSR count). The molecule has 13 heavy (non-hydrogen) atoms. The Bertz CT molecular complexity index is 132. The van der Waals surface area contributed by atoms with Crippen LogP contribution < -0.4 is 0 Å². The van der Waals surface area contributed by atoms with Crippen LogP contribution in [0.3, 0.4) is 0 Å². The molecule has 0 amide bonds. The van der Waals surface area contributed by atoms with Gasteiger partial charge in [-0.05, 0) is 6.92 Å². The maximum absolute atomic E-state index is 8.90. The minimum absolute atomic E-state index is 0.00428. The van der Waals surface area contributed by atoms with Crippen LogP contribution in [0.4, 0.5) is 0 Å². The van der Waals surface area contributed by atoms with Gasteiger partial charge < -0.3 is 14.6 Å². The van der Waals surface area contributed by atoms with Gasteiger partial charge in [0.05, 0.1) is 25.9 Å². The molecule has 0 saturated carbocycles. The molecule has 1 aliphatic heterocycles. The number of hydrogen-bond donors (Lipinski definition) is 1. The second-order valence-electron chi connectivity index (χ2n) is 3.17. The minimum Gasteiger partial charge on any atom is -0.394 e. The van der Waals surface area contributed by atoms with E-state index in [2.05, 4.69) is 4.90 Å². The molecule has 4 nitrogen and oxygen atoms in total. The standard InChI is InChI=1S/C9H19NO3/c1-2-12-5-3-10-4-6-13-9(7-10)8-11/h9,11H,2-8H2,1H3. The zero-order valence-corrected chi connectivity index (χ0v) is 8.24. The minimum atomic E-state index is -0.00428. The molecule has 78 valence electrons. The topological polar surface area (TPSA) is 41.9 Å². The van der Waals surface area contributed by atoms with Crippen molar-refractivity contribution >= 4 is 0 Å². The van der Waals surface area contributed by atoms with Crippen molar-refractivity contribution in [2.75, 3.05) is 46.1 Å². The van der Waals surface area contributed by atoms with Gasteiger partial charge in [-0.2, -0.15) is 0 Å². The van der Waals surface area contributed by atoms with Crippen molar-refractivity contribution in [3.8, 4) is 0 Å². The van der Waals surface area contributed by atoms with Gasteiger partial charge in [-0.3, -0.25) is 4.90 Å². The number of aliphatic hydroxyl groups excluding tert-OH is 1.